The van der Waals surface area contributed by atoms with Crippen molar-refractivity contribution in [3.05, 3.63) is 41.3 Å². The van der Waals surface area contributed by atoms with Gasteiger partial charge >= 0.3 is 0 Å². The van der Waals surface area contributed by atoms with E-state index >= 15 is 0 Å². The summed E-state index contributed by atoms with van der Waals surface area (Å²) in [5.74, 6) is 0. The van der Waals surface area contributed by atoms with Gasteiger partial charge in [0, 0.05) is 0 Å². The number of hydrogen-bond donors (Lipinski definition) is 1. The standard InChI is InChI=1S/C8H8O3S.C2H4O/c9-12(10,11)7-6-8-4-2-1-3-5-8;1-2-3-1/h1-7H,(H,9,10,11);1-2H2. The molecular weight excluding hydrogens is 216 g/mol. The average molecular weight is 228 g/mol. The molecule has 2 rings (SSSR count). The van der Waals surface area contributed by atoms with Crippen LogP contribution in [0.3, 0.4) is 0 Å². The predicted octanol–water partition coefficient (Wildman–Crippen LogP) is 1.56. The number of epoxide rings is 1. The van der Waals surface area contributed by atoms with Gasteiger partial charge in [-0.05, 0) is 11.6 Å². The fraction of sp³-hybridized carbons (Fsp3) is 0.200. The molecule has 5 heteroatoms. The topological polar surface area (TPSA) is 66.9 Å². The van der Waals surface area contributed by atoms with E-state index in [9.17, 15) is 8.42 Å². The fourth-order valence-electron chi connectivity index (χ4n) is 0.729. The van der Waals surface area contributed by atoms with Crippen molar-refractivity contribution < 1.29 is 17.7 Å². The van der Waals surface area contributed by atoms with E-state index in [4.69, 9.17) is 4.55 Å². The highest BCUT2D eigenvalue weighted by Crippen LogP contribution is 2.01. The molecule has 0 atom stereocenters. The van der Waals surface area contributed by atoms with Gasteiger partial charge in [-0.3, -0.25) is 4.55 Å². The molecule has 15 heavy (non-hydrogen) atoms. The monoisotopic (exact) mass is 228 g/mol. The number of ether oxygens (including phenoxy) is 1. The predicted molar refractivity (Wildman–Crippen MR) is 57.8 cm³/mol. The molecule has 0 aromatic heterocycles. The lowest BCUT2D eigenvalue weighted by Crippen LogP contribution is -1.88. The lowest BCUT2D eigenvalue weighted by Gasteiger charge is -1.89. The summed E-state index contributed by atoms with van der Waals surface area (Å²) >= 11 is 0. The van der Waals surface area contributed by atoms with Crippen molar-refractivity contribution in [2.45, 2.75) is 0 Å². The summed E-state index contributed by atoms with van der Waals surface area (Å²) in [5.41, 5.74) is 0.732. The van der Waals surface area contributed by atoms with E-state index in [2.05, 4.69) is 4.74 Å². The molecule has 0 bridgehead atoms. The molecule has 1 saturated heterocycles. The molecule has 0 radical (unpaired) electrons. The van der Waals surface area contributed by atoms with Crippen LogP contribution in [0.2, 0.25) is 0 Å². The van der Waals surface area contributed by atoms with Crippen molar-refractivity contribution in [1.82, 2.24) is 0 Å². The lowest BCUT2D eigenvalue weighted by atomic mass is 10.2. The molecule has 1 N–H and O–H groups in total. The van der Waals surface area contributed by atoms with Crippen molar-refractivity contribution in [3.8, 4) is 0 Å². The van der Waals surface area contributed by atoms with Crippen LogP contribution in [-0.2, 0) is 14.9 Å². The van der Waals surface area contributed by atoms with Gasteiger partial charge in [-0.25, -0.2) is 0 Å². The summed E-state index contributed by atoms with van der Waals surface area (Å²) in [6.07, 6.45) is 1.33. The van der Waals surface area contributed by atoms with Crippen LogP contribution in [-0.4, -0.2) is 26.2 Å². The lowest BCUT2D eigenvalue weighted by molar-refractivity contribution is 0.475. The molecule has 0 aliphatic carbocycles. The molecule has 1 aromatic carbocycles. The second-order valence-corrected chi connectivity index (χ2v) is 4.14. The Morgan fingerprint density at radius 3 is 2.13 bits per heavy atom. The van der Waals surface area contributed by atoms with Gasteiger partial charge in [-0.1, -0.05) is 30.3 Å². The minimum atomic E-state index is -4.00. The number of hydrogen-bond acceptors (Lipinski definition) is 3. The maximum atomic E-state index is 10.3. The highest BCUT2D eigenvalue weighted by Gasteiger charge is 1.94. The molecule has 0 spiro atoms. The maximum Gasteiger partial charge on any atom is 0.287 e. The minimum absolute atomic E-state index is 0.732. The van der Waals surface area contributed by atoms with E-state index in [1.165, 1.54) is 6.08 Å². The summed E-state index contributed by atoms with van der Waals surface area (Å²) in [6, 6.07) is 8.86. The highest BCUT2D eigenvalue weighted by atomic mass is 32.2. The quantitative estimate of drug-likeness (QED) is 0.616. The van der Waals surface area contributed by atoms with E-state index < -0.39 is 10.1 Å². The van der Waals surface area contributed by atoms with E-state index in [0.717, 1.165) is 24.2 Å². The van der Waals surface area contributed by atoms with Crippen LogP contribution >= 0.6 is 0 Å². The van der Waals surface area contributed by atoms with E-state index in [1.54, 1.807) is 24.3 Å². The molecule has 1 aliphatic heterocycles. The molecule has 1 fully saturated rings. The van der Waals surface area contributed by atoms with Crippen molar-refractivity contribution in [3.63, 3.8) is 0 Å². The van der Waals surface area contributed by atoms with Gasteiger partial charge in [0.2, 0.25) is 0 Å². The Labute approximate surface area is 88.9 Å². The maximum absolute atomic E-state index is 10.3. The first-order chi connectivity index (χ1) is 7.08. The zero-order valence-electron chi connectivity index (χ0n) is 8.04. The smallest absolute Gasteiger partial charge is 0.287 e. The molecule has 1 aromatic rings. The van der Waals surface area contributed by atoms with Crippen molar-refractivity contribution >= 4 is 16.2 Å². The second kappa shape index (κ2) is 5.65. The third kappa shape index (κ3) is 7.87. The Morgan fingerprint density at radius 1 is 1.20 bits per heavy atom. The number of rotatable bonds is 2. The SMILES string of the molecule is C1CO1.O=S(=O)(O)C=Cc1ccccc1. The van der Waals surface area contributed by atoms with Crippen LogP contribution in [0.25, 0.3) is 6.08 Å². The summed E-state index contributed by atoms with van der Waals surface area (Å²) in [7, 11) is -4.00. The van der Waals surface area contributed by atoms with Gasteiger partial charge in [0.15, 0.2) is 0 Å². The summed E-state index contributed by atoms with van der Waals surface area (Å²) in [6.45, 7) is 2.00. The molecule has 4 nitrogen and oxygen atoms in total. The Kier molecular flexibility index (Phi) is 4.48. The summed E-state index contributed by atoms with van der Waals surface area (Å²) in [4.78, 5) is 0. The van der Waals surface area contributed by atoms with E-state index in [-0.39, 0.29) is 0 Å². The zero-order valence-corrected chi connectivity index (χ0v) is 8.85. The molecule has 82 valence electrons. The Balaban J connectivity index is 0.000000319. The van der Waals surface area contributed by atoms with Gasteiger partial charge < -0.3 is 4.74 Å². The molecule has 1 aliphatic rings. The Bertz CT molecular complexity index is 404. The van der Waals surface area contributed by atoms with Crippen LogP contribution in [0.1, 0.15) is 5.56 Å². The first-order valence-electron chi connectivity index (χ1n) is 4.36. The largest absolute Gasteiger partial charge is 0.377 e. The van der Waals surface area contributed by atoms with Crippen LogP contribution in [0, 0.1) is 0 Å². The molecular formula is C10H12O4S. The van der Waals surface area contributed by atoms with Gasteiger partial charge in [-0.15, -0.1) is 0 Å². The minimum Gasteiger partial charge on any atom is -0.377 e. The Hall–Kier alpha value is -1.17. The molecule has 0 amide bonds. The molecule has 0 saturated carbocycles. The second-order valence-electron chi connectivity index (χ2n) is 2.84. The van der Waals surface area contributed by atoms with Crippen molar-refractivity contribution in [1.29, 1.82) is 0 Å². The molecule has 0 unspecified atom stereocenters. The first-order valence-corrected chi connectivity index (χ1v) is 5.86. The van der Waals surface area contributed by atoms with Gasteiger partial charge in [0.1, 0.15) is 0 Å². The van der Waals surface area contributed by atoms with Crippen LogP contribution in [0.4, 0.5) is 0 Å². The first kappa shape index (κ1) is 11.9. The average Bonchev–Trinajstić information content (AvgIpc) is 3.02. The van der Waals surface area contributed by atoms with Gasteiger partial charge in [0.25, 0.3) is 10.1 Å². The summed E-state index contributed by atoms with van der Waals surface area (Å²) in [5, 5.41) is 0.752. The fourth-order valence-corrected chi connectivity index (χ4v) is 1.06. The normalized spacial score (nSPS) is 14.5. The van der Waals surface area contributed by atoms with Gasteiger partial charge in [0.05, 0.1) is 18.6 Å². The number of benzene rings is 1. The molecule has 1 heterocycles. The van der Waals surface area contributed by atoms with Crippen LogP contribution in [0.5, 0.6) is 0 Å². The highest BCUT2D eigenvalue weighted by molar-refractivity contribution is 7.88. The van der Waals surface area contributed by atoms with Crippen LogP contribution in [0.15, 0.2) is 35.7 Å². The third-order valence-corrected chi connectivity index (χ3v) is 1.92. The third-order valence-electron chi connectivity index (χ3n) is 1.44. The zero-order chi connectivity index (χ0) is 11.1. The van der Waals surface area contributed by atoms with E-state index in [1.807, 2.05) is 6.07 Å². The summed E-state index contributed by atoms with van der Waals surface area (Å²) < 4.78 is 33.4. The van der Waals surface area contributed by atoms with Gasteiger partial charge in [-0.2, -0.15) is 8.42 Å². The van der Waals surface area contributed by atoms with Crippen molar-refractivity contribution in [2.75, 3.05) is 13.2 Å². The van der Waals surface area contributed by atoms with Crippen molar-refractivity contribution in [2.24, 2.45) is 0 Å². The Morgan fingerprint density at radius 2 is 1.73 bits per heavy atom. The van der Waals surface area contributed by atoms with E-state index in [0.29, 0.717) is 0 Å². The van der Waals surface area contributed by atoms with Crippen LogP contribution < -0.4 is 0 Å².